The largest absolute Gasteiger partial charge is 0.384 e. The molecule has 1 atom stereocenters. The lowest BCUT2D eigenvalue weighted by molar-refractivity contribution is 0.157. The maximum atomic E-state index is 5.28. The minimum absolute atomic E-state index is 0. The molecule has 3 rings (SSSR count). The molecule has 0 spiro atoms. The second kappa shape index (κ2) is 9.43. The van der Waals surface area contributed by atoms with Crippen LogP contribution in [-0.4, -0.2) is 56.2 Å². The lowest BCUT2D eigenvalue weighted by Gasteiger charge is -2.21. The number of methoxy groups -OCH3 is 1. The van der Waals surface area contributed by atoms with E-state index in [0.29, 0.717) is 5.92 Å². The molecule has 1 unspecified atom stereocenters. The first kappa shape index (κ1) is 20.0. The first-order chi connectivity index (χ1) is 11.7. The van der Waals surface area contributed by atoms with Gasteiger partial charge in [0.1, 0.15) is 0 Å². The van der Waals surface area contributed by atoms with Gasteiger partial charge in [0, 0.05) is 56.8 Å². The summed E-state index contributed by atoms with van der Waals surface area (Å²) in [6.45, 7) is 5.98. The smallest absolute Gasteiger partial charge is 0.193 e. The Labute approximate surface area is 167 Å². The number of rotatable bonds is 5. The number of guanidine groups is 1. The normalized spacial score (nSPS) is 17.8. The third kappa shape index (κ3) is 4.67. The van der Waals surface area contributed by atoms with Crippen molar-refractivity contribution >= 4 is 40.8 Å². The van der Waals surface area contributed by atoms with Gasteiger partial charge in [-0.15, -0.1) is 24.0 Å². The second-order valence-electron chi connectivity index (χ2n) is 6.59. The number of halogens is 1. The van der Waals surface area contributed by atoms with Crippen molar-refractivity contribution in [3.05, 3.63) is 35.5 Å². The standard InChI is InChI=1S/C19H28N4O.HI/c1-14-5-4-6-17-18(14)16(11-22-17)7-9-21-19(20-2)23-10-8-15(12-23)13-24-3;/h4-6,11,15,22H,7-10,12-13H2,1-3H3,(H,20,21);1H. The Balaban J connectivity index is 0.00000225. The number of H-pyrrole nitrogens is 1. The van der Waals surface area contributed by atoms with Crippen molar-refractivity contribution in [3.8, 4) is 0 Å². The fourth-order valence-corrected chi connectivity index (χ4v) is 3.69. The highest BCUT2D eigenvalue weighted by atomic mass is 127. The van der Waals surface area contributed by atoms with Crippen molar-refractivity contribution in [3.63, 3.8) is 0 Å². The summed E-state index contributed by atoms with van der Waals surface area (Å²) in [4.78, 5) is 10.2. The van der Waals surface area contributed by atoms with E-state index in [9.17, 15) is 0 Å². The highest BCUT2D eigenvalue weighted by molar-refractivity contribution is 14.0. The lowest BCUT2D eigenvalue weighted by atomic mass is 10.1. The van der Waals surface area contributed by atoms with Crippen LogP contribution in [0.4, 0.5) is 0 Å². The summed E-state index contributed by atoms with van der Waals surface area (Å²) >= 11 is 0. The van der Waals surface area contributed by atoms with Crippen LogP contribution >= 0.6 is 24.0 Å². The molecule has 1 aliphatic heterocycles. The lowest BCUT2D eigenvalue weighted by Crippen LogP contribution is -2.41. The second-order valence-corrected chi connectivity index (χ2v) is 6.59. The Hall–Kier alpha value is -1.28. The van der Waals surface area contributed by atoms with E-state index in [1.165, 1.54) is 28.5 Å². The van der Waals surface area contributed by atoms with E-state index >= 15 is 0 Å². The molecule has 25 heavy (non-hydrogen) atoms. The van der Waals surface area contributed by atoms with Crippen LogP contribution in [0.15, 0.2) is 29.4 Å². The molecule has 1 aromatic heterocycles. The topological polar surface area (TPSA) is 52.7 Å². The number of nitrogens with one attached hydrogen (secondary N) is 2. The zero-order valence-electron chi connectivity index (χ0n) is 15.3. The molecule has 1 fully saturated rings. The predicted octanol–water partition coefficient (Wildman–Crippen LogP) is 3.18. The molecule has 0 amide bonds. The van der Waals surface area contributed by atoms with Gasteiger partial charge in [-0.05, 0) is 37.0 Å². The summed E-state index contributed by atoms with van der Waals surface area (Å²) in [6, 6.07) is 6.41. The van der Waals surface area contributed by atoms with Crippen LogP contribution in [0.1, 0.15) is 17.5 Å². The van der Waals surface area contributed by atoms with Crippen LogP contribution in [0.3, 0.4) is 0 Å². The van der Waals surface area contributed by atoms with Crippen molar-refractivity contribution in [2.45, 2.75) is 19.8 Å². The maximum Gasteiger partial charge on any atom is 0.193 e. The van der Waals surface area contributed by atoms with Gasteiger partial charge >= 0.3 is 0 Å². The molecule has 0 saturated carbocycles. The molecule has 6 heteroatoms. The number of nitrogens with zero attached hydrogens (tertiary/aromatic N) is 2. The molecule has 0 aliphatic carbocycles. The van der Waals surface area contributed by atoms with Gasteiger partial charge in [-0.1, -0.05) is 12.1 Å². The first-order valence-corrected chi connectivity index (χ1v) is 8.73. The zero-order valence-corrected chi connectivity index (χ0v) is 17.7. The molecule has 2 heterocycles. The van der Waals surface area contributed by atoms with E-state index in [-0.39, 0.29) is 24.0 Å². The summed E-state index contributed by atoms with van der Waals surface area (Å²) < 4.78 is 5.28. The number of likely N-dealkylation sites (tertiary alicyclic amines) is 1. The number of fused-ring (bicyclic) bond motifs is 1. The van der Waals surface area contributed by atoms with E-state index in [0.717, 1.165) is 38.6 Å². The highest BCUT2D eigenvalue weighted by Gasteiger charge is 2.24. The summed E-state index contributed by atoms with van der Waals surface area (Å²) in [5.74, 6) is 1.62. The quantitative estimate of drug-likeness (QED) is 0.413. The molecular weight excluding hydrogens is 427 g/mol. The average Bonchev–Trinajstić information content (AvgIpc) is 3.20. The molecule has 2 aromatic rings. The van der Waals surface area contributed by atoms with Gasteiger partial charge in [-0.25, -0.2) is 0 Å². The fourth-order valence-electron chi connectivity index (χ4n) is 3.69. The first-order valence-electron chi connectivity index (χ1n) is 8.73. The third-order valence-corrected chi connectivity index (χ3v) is 4.87. The zero-order chi connectivity index (χ0) is 16.9. The van der Waals surface area contributed by atoms with Crippen molar-refractivity contribution < 1.29 is 4.74 Å². The van der Waals surface area contributed by atoms with Crippen LogP contribution in [0, 0.1) is 12.8 Å². The monoisotopic (exact) mass is 456 g/mol. The van der Waals surface area contributed by atoms with E-state index < -0.39 is 0 Å². The summed E-state index contributed by atoms with van der Waals surface area (Å²) in [7, 11) is 3.64. The van der Waals surface area contributed by atoms with E-state index in [4.69, 9.17) is 4.74 Å². The number of hydrogen-bond donors (Lipinski definition) is 2. The van der Waals surface area contributed by atoms with Crippen molar-refractivity contribution in [1.29, 1.82) is 0 Å². The summed E-state index contributed by atoms with van der Waals surface area (Å²) in [5, 5.41) is 4.87. The van der Waals surface area contributed by atoms with Crippen molar-refractivity contribution in [2.24, 2.45) is 10.9 Å². The third-order valence-electron chi connectivity index (χ3n) is 4.87. The maximum absolute atomic E-state index is 5.28. The van der Waals surface area contributed by atoms with Gasteiger partial charge in [-0.2, -0.15) is 0 Å². The number of hydrogen-bond acceptors (Lipinski definition) is 2. The number of aromatic amines is 1. The number of ether oxygens (including phenoxy) is 1. The Morgan fingerprint density at radius 1 is 1.44 bits per heavy atom. The summed E-state index contributed by atoms with van der Waals surface area (Å²) in [5.41, 5.74) is 3.91. The van der Waals surface area contributed by atoms with Crippen LogP contribution < -0.4 is 5.32 Å². The molecule has 1 saturated heterocycles. The molecule has 138 valence electrons. The van der Waals surface area contributed by atoms with Gasteiger partial charge < -0.3 is 19.9 Å². The average molecular weight is 456 g/mol. The number of aromatic nitrogens is 1. The molecule has 1 aromatic carbocycles. The van der Waals surface area contributed by atoms with E-state index in [1.54, 1.807) is 7.11 Å². The molecule has 5 nitrogen and oxygen atoms in total. The fraction of sp³-hybridized carbons (Fsp3) is 0.526. The Bertz CT molecular complexity index is 713. The Morgan fingerprint density at radius 3 is 3.04 bits per heavy atom. The van der Waals surface area contributed by atoms with Gasteiger partial charge in [0.2, 0.25) is 0 Å². The van der Waals surface area contributed by atoms with Gasteiger partial charge in [0.25, 0.3) is 0 Å². The van der Waals surface area contributed by atoms with Crippen LogP contribution in [0.5, 0.6) is 0 Å². The minimum atomic E-state index is 0. The van der Waals surface area contributed by atoms with Crippen molar-refractivity contribution in [2.75, 3.05) is 40.4 Å². The minimum Gasteiger partial charge on any atom is -0.384 e. The van der Waals surface area contributed by atoms with Gasteiger partial charge in [0.05, 0.1) is 6.61 Å². The Kier molecular flexibility index (Phi) is 7.56. The number of benzene rings is 1. The predicted molar refractivity (Wildman–Crippen MR) is 115 cm³/mol. The molecule has 2 N–H and O–H groups in total. The van der Waals surface area contributed by atoms with E-state index in [2.05, 4.69) is 51.5 Å². The van der Waals surface area contributed by atoms with Gasteiger partial charge in [-0.3, -0.25) is 4.99 Å². The van der Waals surface area contributed by atoms with E-state index in [1.807, 2.05) is 7.05 Å². The van der Waals surface area contributed by atoms with Gasteiger partial charge in [0.15, 0.2) is 5.96 Å². The molecule has 0 radical (unpaired) electrons. The number of aliphatic imine (C=N–C) groups is 1. The molecule has 0 bridgehead atoms. The van der Waals surface area contributed by atoms with Crippen LogP contribution in [0.2, 0.25) is 0 Å². The Morgan fingerprint density at radius 2 is 2.28 bits per heavy atom. The summed E-state index contributed by atoms with van der Waals surface area (Å²) in [6.07, 6.45) is 4.29. The highest BCUT2D eigenvalue weighted by Crippen LogP contribution is 2.22. The van der Waals surface area contributed by atoms with Crippen LogP contribution in [0.25, 0.3) is 10.9 Å². The molecular formula is C19H29IN4O. The number of aryl methyl sites for hydroxylation is 1. The SMILES string of the molecule is CN=C(NCCc1c[nH]c2cccc(C)c12)N1CCC(COC)C1.I. The van der Waals surface area contributed by atoms with Crippen molar-refractivity contribution in [1.82, 2.24) is 15.2 Å². The molecule has 1 aliphatic rings. The van der Waals surface area contributed by atoms with Crippen LogP contribution in [-0.2, 0) is 11.2 Å².